The number of furan rings is 1. The van der Waals surface area contributed by atoms with Crippen LogP contribution in [0.3, 0.4) is 0 Å². The molecule has 1 aliphatic carbocycles. The first-order chi connectivity index (χ1) is 9.74. The number of hydrogen-bond donors (Lipinski definition) is 2. The molecule has 0 aliphatic heterocycles. The number of hydrogen-bond acceptors (Lipinski definition) is 5. The van der Waals surface area contributed by atoms with Gasteiger partial charge in [-0.05, 0) is 36.8 Å². The molecule has 0 amide bonds. The Morgan fingerprint density at radius 1 is 1.50 bits per heavy atom. The Morgan fingerprint density at radius 3 is 3.00 bits per heavy atom. The Balaban J connectivity index is 1.51. The van der Waals surface area contributed by atoms with E-state index >= 15 is 0 Å². The molecule has 1 unspecified atom stereocenters. The summed E-state index contributed by atoms with van der Waals surface area (Å²) < 4.78 is 15.7. The van der Waals surface area contributed by atoms with Crippen molar-refractivity contribution >= 4 is 0 Å². The lowest BCUT2D eigenvalue weighted by atomic mass is 10.0. The second kappa shape index (κ2) is 7.78. The second-order valence-electron chi connectivity index (χ2n) is 5.62. The van der Waals surface area contributed by atoms with Crippen molar-refractivity contribution in [1.82, 2.24) is 5.32 Å². The second-order valence-corrected chi connectivity index (χ2v) is 5.62. The minimum atomic E-state index is -0.483. The van der Waals surface area contributed by atoms with Crippen LogP contribution in [0.4, 0.5) is 0 Å². The molecule has 1 heterocycles. The fraction of sp³-hybridized carbons (Fsp3) is 0.733. The van der Waals surface area contributed by atoms with E-state index in [0.717, 1.165) is 25.3 Å². The molecule has 0 radical (unpaired) electrons. The van der Waals surface area contributed by atoms with E-state index in [1.165, 1.54) is 12.8 Å². The van der Waals surface area contributed by atoms with Crippen molar-refractivity contribution in [1.29, 1.82) is 0 Å². The van der Waals surface area contributed by atoms with Gasteiger partial charge < -0.3 is 24.3 Å². The van der Waals surface area contributed by atoms with Crippen molar-refractivity contribution in [2.75, 3.05) is 33.4 Å². The van der Waals surface area contributed by atoms with Crippen LogP contribution in [0, 0.1) is 5.41 Å². The number of rotatable bonds is 11. The van der Waals surface area contributed by atoms with E-state index in [1.54, 1.807) is 13.4 Å². The lowest BCUT2D eigenvalue weighted by Crippen LogP contribution is -2.34. The molecule has 1 aromatic heterocycles. The molecule has 0 saturated heterocycles. The Labute approximate surface area is 120 Å². The third kappa shape index (κ3) is 5.25. The summed E-state index contributed by atoms with van der Waals surface area (Å²) in [5.41, 5.74) is 0.407. The highest BCUT2D eigenvalue weighted by molar-refractivity contribution is 4.96. The van der Waals surface area contributed by atoms with Gasteiger partial charge in [-0.2, -0.15) is 0 Å². The predicted octanol–water partition coefficient (Wildman–Crippen LogP) is 1.56. The minimum Gasteiger partial charge on any atom is -0.467 e. The molecule has 2 rings (SSSR count). The number of aliphatic hydroxyl groups excluding tert-OH is 1. The highest BCUT2D eigenvalue weighted by atomic mass is 16.5. The van der Waals surface area contributed by atoms with E-state index in [4.69, 9.17) is 13.9 Å². The van der Waals surface area contributed by atoms with Crippen molar-refractivity contribution in [3.8, 4) is 0 Å². The summed E-state index contributed by atoms with van der Waals surface area (Å²) in [7, 11) is 1.74. The summed E-state index contributed by atoms with van der Waals surface area (Å²) in [6.07, 6.45) is 4.75. The Morgan fingerprint density at radius 2 is 2.35 bits per heavy atom. The Hall–Kier alpha value is -0.880. The van der Waals surface area contributed by atoms with Crippen molar-refractivity contribution in [3.63, 3.8) is 0 Å². The molecule has 1 fully saturated rings. The average molecular weight is 283 g/mol. The van der Waals surface area contributed by atoms with Crippen LogP contribution in [-0.4, -0.2) is 44.6 Å². The molecule has 1 saturated carbocycles. The third-order valence-electron chi connectivity index (χ3n) is 3.81. The molecule has 0 spiro atoms. The van der Waals surface area contributed by atoms with Crippen LogP contribution >= 0.6 is 0 Å². The molecule has 5 heteroatoms. The van der Waals surface area contributed by atoms with Gasteiger partial charge in [-0.1, -0.05) is 0 Å². The fourth-order valence-corrected chi connectivity index (χ4v) is 2.26. The average Bonchev–Trinajstić information content (AvgIpc) is 3.01. The zero-order valence-corrected chi connectivity index (χ0v) is 12.1. The maximum absolute atomic E-state index is 9.83. The molecule has 20 heavy (non-hydrogen) atoms. The molecule has 1 atom stereocenters. The van der Waals surface area contributed by atoms with Crippen LogP contribution in [0.15, 0.2) is 22.8 Å². The van der Waals surface area contributed by atoms with E-state index in [-0.39, 0.29) is 0 Å². The monoisotopic (exact) mass is 283 g/mol. The first kappa shape index (κ1) is 15.5. The van der Waals surface area contributed by atoms with Gasteiger partial charge in [-0.3, -0.25) is 0 Å². The maximum atomic E-state index is 9.83. The summed E-state index contributed by atoms with van der Waals surface area (Å²) >= 11 is 0. The standard InChI is InChI=1S/C15H25NO4/c1-18-8-6-15(4-5-15)12-16-9-13(17)10-19-11-14-3-2-7-20-14/h2-3,7,13,16-17H,4-6,8-12H2,1H3. The van der Waals surface area contributed by atoms with E-state index in [1.807, 2.05) is 12.1 Å². The molecule has 2 N–H and O–H groups in total. The van der Waals surface area contributed by atoms with Gasteiger partial charge in [0, 0.05) is 26.8 Å². The minimum absolute atomic E-state index is 0.318. The Bertz CT molecular complexity index is 362. The number of ether oxygens (including phenoxy) is 2. The highest BCUT2D eigenvalue weighted by Gasteiger charge is 2.41. The van der Waals surface area contributed by atoms with Crippen molar-refractivity contribution in [2.45, 2.75) is 32.0 Å². The summed E-state index contributed by atoms with van der Waals surface area (Å²) in [5.74, 6) is 0.779. The van der Waals surface area contributed by atoms with Crippen LogP contribution in [-0.2, 0) is 16.1 Å². The first-order valence-corrected chi connectivity index (χ1v) is 7.22. The van der Waals surface area contributed by atoms with Crippen molar-refractivity contribution < 1.29 is 19.0 Å². The summed E-state index contributed by atoms with van der Waals surface area (Å²) in [5, 5.41) is 13.2. The summed E-state index contributed by atoms with van der Waals surface area (Å²) in [4.78, 5) is 0. The molecule has 1 aliphatic rings. The zero-order valence-electron chi connectivity index (χ0n) is 12.1. The SMILES string of the molecule is COCCC1(CNCC(O)COCc2ccco2)CC1. The fourth-order valence-electron chi connectivity index (χ4n) is 2.26. The molecular formula is C15H25NO4. The van der Waals surface area contributed by atoms with Crippen molar-refractivity contribution in [3.05, 3.63) is 24.2 Å². The molecule has 0 aromatic carbocycles. The van der Waals surface area contributed by atoms with Crippen LogP contribution in [0.1, 0.15) is 25.0 Å². The van der Waals surface area contributed by atoms with Gasteiger partial charge in [0.15, 0.2) is 0 Å². The predicted molar refractivity (Wildman–Crippen MR) is 75.4 cm³/mol. The van der Waals surface area contributed by atoms with Crippen LogP contribution in [0.5, 0.6) is 0 Å². The lowest BCUT2D eigenvalue weighted by Gasteiger charge is -2.17. The molecular weight excluding hydrogens is 258 g/mol. The van der Waals surface area contributed by atoms with Gasteiger partial charge in [0.05, 0.1) is 19.0 Å². The topological polar surface area (TPSA) is 63.9 Å². The largest absolute Gasteiger partial charge is 0.467 e. The van der Waals surface area contributed by atoms with Gasteiger partial charge in [0.1, 0.15) is 12.4 Å². The van der Waals surface area contributed by atoms with E-state index in [9.17, 15) is 5.11 Å². The van der Waals surface area contributed by atoms with Crippen LogP contribution < -0.4 is 5.32 Å². The summed E-state index contributed by atoms with van der Waals surface area (Å²) in [6.45, 7) is 3.05. The zero-order chi connectivity index (χ0) is 14.3. The lowest BCUT2D eigenvalue weighted by molar-refractivity contribution is 0.0220. The normalized spacial score (nSPS) is 18.1. The van der Waals surface area contributed by atoms with Crippen LogP contribution in [0.25, 0.3) is 0 Å². The maximum Gasteiger partial charge on any atom is 0.129 e. The smallest absolute Gasteiger partial charge is 0.129 e. The quantitative estimate of drug-likeness (QED) is 0.645. The van der Waals surface area contributed by atoms with E-state index < -0.39 is 6.10 Å². The van der Waals surface area contributed by atoms with Gasteiger partial charge >= 0.3 is 0 Å². The van der Waals surface area contributed by atoms with Gasteiger partial charge in [0.2, 0.25) is 0 Å². The first-order valence-electron chi connectivity index (χ1n) is 7.22. The molecule has 114 valence electrons. The van der Waals surface area contributed by atoms with E-state index in [2.05, 4.69) is 5.32 Å². The summed E-state index contributed by atoms with van der Waals surface area (Å²) in [6, 6.07) is 3.68. The molecule has 0 bridgehead atoms. The molecule has 5 nitrogen and oxygen atoms in total. The van der Waals surface area contributed by atoms with Crippen LogP contribution in [0.2, 0.25) is 0 Å². The van der Waals surface area contributed by atoms with E-state index in [0.29, 0.717) is 25.2 Å². The van der Waals surface area contributed by atoms with Gasteiger partial charge in [-0.15, -0.1) is 0 Å². The molecule has 1 aromatic rings. The number of methoxy groups -OCH3 is 1. The highest BCUT2D eigenvalue weighted by Crippen LogP contribution is 2.48. The number of nitrogens with one attached hydrogen (secondary N) is 1. The van der Waals surface area contributed by atoms with Gasteiger partial charge in [0.25, 0.3) is 0 Å². The third-order valence-corrected chi connectivity index (χ3v) is 3.81. The number of aliphatic hydroxyl groups is 1. The van der Waals surface area contributed by atoms with Gasteiger partial charge in [-0.25, -0.2) is 0 Å². The van der Waals surface area contributed by atoms with Crippen molar-refractivity contribution in [2.24, 2.45) is 5.41 Å². The Kier molecular flexibility index (Phi) is 6.04.